The van der Waals surface area contributed by atoms with E-state index in [0.717, 1.165) is 10.9 Å². The largest absolute Gasteiger partial charge is 0.496 e. The molecule has 10 nitrogen and oxygen atoms in total. The van der Waals surface area contributed by atoms with Gasteiger partial charge in [-0.25, -0.2) is 4.39 Å². The minimum Gasteiger partial charge on any atom is -0.496 e. The van der Waals surface area contributed by atoms with Crippen LogP contribution in [0.15, 0.2) is 84.9 Å². The van der Waals surface area contributed by atoms with Gasteiger partial charge in [0.2, 0.25) is 0 Å². The summed E-state index contributed by atoms with van der Waals surface area (Å²) in [6.45, 7) is 0.244. The number of rotatable bonds is 2. The first-order valence-electron chi connectivity index (χ1n) is 15.7. The molecule has 2 aliphatic rings. The summed E-state index contributed by atoms with van der Waals surface area (Å²) in [5.74, 6) is -0.355. The third-order valence-electron chi connectivity index (χ3n) is 8.65. The number of amides is 3. The number of methoxy groups -OCH3 is 1. The van der Waals surface area contributed by atoms with Crippen molar-refractivity contribution in [1.82, 2.24) is 20.5 Å². The van der Waals surface area contributed by atoms with E-state index in [1.165, 1.54) is 12.1 Å². The lowest BCUT2D eigenvalue weighted by Crippen LogP contribution is -2.58. The van der Waals surface area contributed by atoms with E-state index >= 15 is 0 Å². The van der Waals surface area contributed by atoms with E-state index < -0.39 is 23.9 Å². The zero-order valence-electron chi connectivity index (χ0n) is 26.4. The second-order valence-electron chi connectivity index (χ2n) is 12.0. The number of nitrogens with zero attached hydrogens (tertiary/aromatic N) is 1. The number of nitrogens with one attached hydrogen (secondary N) is 3. The molecule has 1 aromatic heterocycles. The van der Waals surface area contributed by atoms with Crippen LogP contribution in [0.3, 0.4) is 0 Å². The van der Waals surface area contributed by atoms with E-state index in [9.17, 15) is 18.8 Å². The van der Waals surface area contributed by atoms with Gasteiger partial charge in [0.15, 0.2) is 6.61 Å². The molecule has 7 rings (SSSR count). The number of ether oxygens (including phenoxy) is 3. The molecule has 1 saturated heterocycles. The van der Waals surface area contributed by atoms with Crippen LogP contribution in [-0.2, 0) is 11.3 Å². The van der Waals surface area contributed by atoms with E-state index in [2.05, 4.69) is 15.6 Å². The molecule has 0 spiro atoms. The molecule has 0 saturated carbocycles. The lowest BCUT2D eigenvalue weighted by atomic mass is 9.99. The molecule has 3 N–H and O–H groups in total. The summed E-state index contributed by atoms with van der Waals surface area (Å²) in [5.41, 5.74) is 3.35. The quantitative estimate of drug-likeness (QED) is 0.219. The predicted molar refractivity (Wildman–Crippen MR) is 182 cm³/mol. The highest BCUT2D eigenvalue weighted by Gasteiger charge is 2.35. The number of likely N-dealkylation sites (tertiary alicyclic amines) is 1. The Balaban J connectivity index is 1.23. The maximum Gasteiger partial charge on any atom is 0.270 e. The number of aromatic nitrogens is 1. The second-order valence-corrected chi connectivity index (χ2v) is 12.4. The fourth-order valence-electron chi connectivity index (χ4n) is 6.23. The number of piperidine rings is 1. The van der Waals surface area contributed by atoms with Crippen LogP contribution in [0.5, 0.6) is 17.2 Å². The molecule has 2 atom stereocenters. The SMILES string of the molecule is COc1ccc2cc1-c1cccc(c1)OCC(=O)NCc1cc(F)cc(c1)O[C@@H]1CCN(C(=O)c3cc4cc(Cl)ccc4[nH]3)C[C@H]1NC2=O. The van der Waals surface area contributed by atoms with Crippen molar-refractivity contribution < 1.29 is 33.0 Å². The van der Waals surface area contributed by atoms with Gasteiger partial charge < -0.3 is 34.7 Å². The second kappa shape index (κ2) is 13.5. The number of fused-ring (bicyclic) bond motifs is 9. The molecule has 0 aliphatic carbocycles. The fraction of sp³-hybridized carbons (Fsp3) is 0.216. The van der Waals surface area contributed by atoms with Gasteiger partial charge in [-0.05, 0) is 77.9 Å². The van der Waals surface area contributed by atoms with Gasteiger partial charge in [0.05, 0.1) is 13.2 Å². The zero-order chi connectivity index (χ0) is 34.1. The zero-order valence-corrected chi connectivity index (χ0v) is 27.2. The molecule has 5 aromatic rings. The van der Waals surface area contributed by atoms with Gasteiger partial charge in [-0.1, -0.05) is 23.7 Å². The van der Waals surface area contributed by atoms with Crippen molar-refractivity contribution in [3.63, 3.8) is 0 Å². The Kier molecular flexibility index (Phi) is 8.83. The Bertz CT molecular complexity index is 2080. The molecule has 3 amide bonds. The molecule has 250 valence electrons. The summed E-state index contributed by atoms with van der Waals surface area (Å²) < 4.78 is 32.5. The number of carbonyl (C=O) groups is 3. The van der Waals surface area contributed by atoms with Crippen molar-refractivity contribution in [2.75, 3.05) is 26.8 Å². The van der Waals surface area contributed by atoms with Crippen molar-refractivity contribution >= 4 is 40.2 Å². The minimum atomic E-state index is -0.667. The maximum absolute atomic E-state index is 14.8. The molecule has 1 fully saturated rings. The molecule has 12 heteroatoms. The van der Waals surface area contributed by atoms with Crippen molar-refractivity contribution in [1.29, 1.82) is 0 Å². The standard InChI is InChI=1S/C37H32ClFN4O6/c1-47-33-8-5-23-15-29(33)22-3-2-4-27(14-22)48-20-35(44)40-18-21-11-26(39)17-28(12-21)49-34-9-10-43(19-32(34)42-36(23)45)37(46)31-16-24-13-25(38)6-7-30(24)41-31/h2-8,11-17,32,34,41H,9-10,18-20H2,1H3,(H,40,44)(H,42,45)/t32-,34-/m1/s1. The predicted octanol–water partition coefficient (Wildman–Crippen LogP) is 5.74. The van der Waals surface area contributed by atoms with E-state index in [1.807, 2.05) is 12.1 Å². The third kappa shape index (κ3) is 7.02. The van der Waals surface area contributed by atoms with E-state index in [4.69, 9.17) is 25.8 Å². The maximum atomic E-state index is 14.8. The number of aromatic amines is 1. The van der Waals surface area contributed by atoms with Gasteiger partial charge in [0.1, 0.15) is 34.9 Å². The van der Waals surface area contributed by atoms with Crippen molar-refractivity contribution in [3.05, 3.63) is 113 Å². The van der Waals surface area contributed by atoms with Gasteiger partial charge in [-0.15, -0.1) is 0 Å². The number of benzene rings is 4. The topological polar surface area (TPSA) is 122 Å². The molecular weight excluding hydrogens is 651 g/mol. The highest BCUT2D eigenvalue weighted by atomic mass is 35.5. The lowest BCUT2D eigenvalue weighted by molar-refractivity contribution is -0.123. The van der Waals surface area contributed by atoms with Gasteiger partial charge in [0, 0.05) is 59.2 Å². The molecule has 2 aliphatic heterocycles. The first-order valence-corrected chi connectivity index (χ1v) is 16.1. The average molecular weight is 683 g/mol. The Labute approximate surface area is 286 Å². The summed E-state index contributed by atoms with van der Waals surface area (Å²) in [6, 6.07) is 22.8. The summed E-state index contributed by atoms with van der Waals surface area (Å²) in [6.07, 6.45) is -0.257. The lowest BCUT2D eigenvalue weighted by Gasteiger charge is -2.38. The van der Waals surface area contributed by atoms with Crippen LogP contribution in [0.1, 0.15) is 32.8 Å². The first kappa shape index (κ1) is 32.0. The van der Waals surface area contributed by atoms with Crippen LogP contribution in [0, 0.1) is 5.82 Å². The van der Waals surface area contributed by atoms with Gasteiger partial charge in [0.25, 0.3) is 17.7 Å². The Morgan fingerprint density at radius 2 is 1.86 bits per heavy atom. The normalized spacial score (nSPS) is 18.1. The highest BCUT2D eigenvalue weighted by Crippen LogP contribution is 2.33. The molecule has 3 heterocycles. The van der Waals surface area contributed by atoms with Crippen molar-refractivity contribution in [2.24, 2.45) is 0 Å². The van der Waals surface area contributed by atoms with Gasteiger partial charge >= 0.3 is 0 Å². The average Bonchev–Trinajstić information content (AvgIpc) is 3.53. The molecule has 4 aromatic carbocycles. The molecule has 6 bridgehead atoms. The monoisotopic (exact) mass is 682 g/mol. The van der Waals surface area contributed by atoms with Crippen LogP contribution < -0.4 is 24.8 Å². The van der Waals surface area contributed by atoms with Crippen LogP contribution in [-0.4, -0.2) is 66.6 Å². The highest BCUT2D eigenvalue weighted by molar-refractivity contribution is 6.31. The van der Waals surface area contributed by atoms with Crippen LogP contribution in [0.4, 0.5) is 4.39 Å². The van der Waals surface area contributed by atoms with Crippen LogP contribution in [0.25, 0.3) is 22.0 Å². The van der Waals surface area contributed by atoms with Crippen LogP contribution in [0.2, 0.25) is 5.02 Å². The number of hydrogen-bond donors (Lipinski definition) is 3. The summed E-state index contributed by atoms with van der Waals surface area (Å²) in [4.78, 5) is 45.1. The van der Waals surface area contributed by atoms with E-state index in [1.54, 1.807) is 72.7 Å². The summed E-state index contributed by atoms with van der Waals surface area (Å²) in [7, 11) is 1.54. The van der Waals surface area contributed by atoms with Gasteiger partial charge in [-0.3, -0.25) is 14.4 Å². The number of halogens is 2. The first-order chi connectivity index (χ1) is 23.7. The molecule has 49 heavy (non-hydrogen) atoms. The Morgan fingerprint density at radius 3 is 2.71 bits per heavy atom. The summed E-state index contributed by atoms with van der Waals surface area (Å²) in [5, 5.41) is 7.20. The van der Waals surface area contributed by atoms with Crippen molar-refractivity contribution in [3.8, 4) is 28.4 Å². The minimum absolute atomic E-state index is 0.0439. The Morgan fingerprint density at radius 1 is 0.980 bits per heavy atom. The van der Waals surface area contributed by atoms with E-state index in [0.29, 0.717) is 57.4 Å². The van der Waals surface area contributed by atoms with Crippen LogP contribution >= 0.6 is 11.6 Å². The third-order valence-corrected chi connectivity index (χ3v) is 8.89. The van der Waals surface area contributed by atoms with Gasteiger partial charge in [-0.2, -0.15) is 0 Å². The number of hydrogen-bond acceptors (Lipinski definition) is 6. The Hall–Kier alpha value is -5.55. The number of H-pyrrole nitrogens is 1. The van der Waals surface area contributed by atoms with E-state index in [-0.39, 0.29) is 37.3 Å². The fourth-order valence-corrected chi connectivity index (χ4v) is 6.41. The summed E-state index contributed by atoms with van der Waals surface area (Å²) >= 11 is 6.16. The molecular formula is C37H32ClFN4O6. The molecule has 0 radical (unpaired) electrons. The smallest absolute Gasteiger partial charge is 0.270 e. The molecule has 0 unspecified atom stereocenters. The number of carbonyl (C=O) groups excluding carboxylic acids is 3. The van der Waals surface area contributed by atoms with Crippen molar-refractivity contribution in [2.45, 2.75) is 25.1 Å².